The van der Waals surface area contributed by atoms with Gasteiger partial charge in [0.15, 0.2) is 0 Å². The second kappa shape index (κ2) is 7.69. The average Bonchev–Trinajstić information content (AvgIpc) is 2.55. The smallest absolute Gasteiger partial charge is 0.309 e. The first-order chi connectivity index (χ1) is 10.7. The monoisotopic (exact) mass is 298 g/mol. The molecular formula is C18H22N2O2. The van der Waals surface area contributed by atoms with E-state index in [9.17, 15) is 4.79 Å². The van der Waals surface area contributed by atoms with Gasteiger partial charge >= 0.3 is 5.97 Å². The van der Waals surface area contributed by atoms with Crippen molar-refractivity contribution in [2.75, 3.05) is 6.61 Å². The molecule has 0 aliphatic rings. The summed E-state index contributed by atoms with van der Waals surface area (Å²) >= 11 is 0. The zero-order valence-electron chi connectivity index (χ0n) is 13.4. The summed E-state index contributed by atoms with van der Waals surface area (Å²) in [7, 11) is 0. The lowest BCUT2D eigenvalue weighted by Crippen LogP contribution is -2.19. The molecule has 0 spiro atoms. The third-order valence-corrected chi connectivity index (χ3v) is 3.79. The van der Waals surface area contributed by atoms with E-state index >= 15 is 0 Å². The summed E-state index contributed by atoms with van der Waals surface area (Å²) in [5.41, 5.74) is 4.19. The van der Waals surface area contributed by atoms with Crippen LogP contribution in [0.1, 0.15) is 31.4 Å². The van der Waals surface area contributed by atoms with Gasteiger partial charge in [-0.25, -0.2) is 0 Å². The van der Waals surface area contributed by atoms with E-state index < -0.39 is 0 Å². The first-order valence-electron chi connectivity index (χ1n) is 7.68. The third kappa shape index (κ3) is 3.91. The topological polar surface area (TPSA) is 52.1 Å². The van der Waals surface area contributed by atoms with Crippen LogP contribution in [0.3, 0.4) is 0 Å². The molecule has 1 aromatic carbocycles. The molecule has 0 fully saturated rings. The van der Waals surface area contributed by atoms with Crippen LogP contribution in [0.15, 0.2) is 36.8 Å². The first-order valence-corrected chi connectivity index (χ1v) is 7.68. The first kappa shape index (κ1) is 16.1. The van der Waals surface area contributed by atoms with Crippen LogP contribution in [0.4, 0.5) is 0 Å². The van der Waals surface area contributed by atoms with Gasteiger partial charge in [-0.3, -0.25) is 14.8 Å². The molecule has 22 heavy (non-hydrogen) atoms. The van der Waals surface area contributed by atoms with E-state index in [1.54, 1.807) is 18.6 Å². The molecule has 0 aliphatic carbocycles. The van der Waals surface area contributed by atoms with E-state index in [4.69, 9.17) is 4.74 Å². The van der Waals surface area contributed by atoms with Crippen LogP contribution in [0.5, 0.6) is 0 Å². The Morgan fingerprint density at radius 2 is 2.09 bits per heavy atom. The number of nitrogens with zero attached hydrogens (tertiary/aromatic N) is 2. The molecule has 1 unspecified atom stereocenters. The summed E-state index contributed by atoms with van der Waals surface area (Å²) in [4.78, 5) is 20.4. The zero-order valence-corrected chi connectivity index (χ0v) is 13.4. The highest BCUT2D eigenvalue weighted by Crippen LogP contribution is 2.23. The summed E-state index contributed by atoms with van der Waals surface area (Å²) < 4.78 is 5.16. The van der Waals surface area contributed by atoms with E-state index in [2.05, 4.69) is 29.0 Å². The molecule has 0 radical (unpaired) electrons. The standard InChI is InChI=1S/C18H22N2O2/c1-4-14(18(21)22-5-2)10-16-11-15(7-6-13(16)3)17-12-19-8-9-20-17/h6-9,11-12,14H,4-5,10H2,1-3H3. The number of rotatable bonds is 6. The quantitative estimate of drug-likeness (QED) is 0.765. The van der Waals surface area contributed by atoms with Crippen molar-refractivity contribution in [2.45, 2.75) is 33.6 Å². The van der Waals surface area contributed by atoms with Gasteiger partial charge in [-0.15, -0.1) is 0 Å². The maximum absolute atomic E-state index is 12.0. The normalized spacial score (nSPS) is 12.0. The summed E-state index contributed by atoms with van der Waals surface area (Å²) in [5, 5.41) is 0. The van der Waals surface area contributed by atoms with Gasteiger partial charge in [-0.2, -0.15) is 0 Å². The van der Waals surface area contributed by atoms with Crippen molar-refractivity contribution in [1.82, 2.24) is 9.97 Å². The summed E-state index contributed by atoms with van der Waals surface area (Å²) in [5.74, 6) is -0.218. The molecule has 2 aromatic rings. The summed E-state index contributed by atoms with van der Waals surface area (Å²) in [6.07, 6.45) is 6.55. The highest BCUT2D eigenvalue weighted by atomic mass is 16.5. The minimum Gasteiger partial charge on any atom is -0.466 e. The van der Waals surface area contributed by atoms with Crippen molar-refractivity contribution in [3.63, 3.8) is 0 Å². The molecule has 0 aliphatic heterocycles. The van der Waals surface area contributed by atoms with E-state index in [0.29, 0.717) is 13.0 Å². The molecular weight excluding hydrogens is 276 g/mol. The van der Waals surface area contributed by atoms with Crippen LogP contribution in [0.25, 0.3) is 11.3 Å². The Labute approximate surface area is 131 Å². The number of aryl methyl sites for hydroxylation is 1. The van der Waals surface area contributed by atoms with Gasteiger partial charge in [0.2, 0.25) is 0 Å². The van der Waals surface area contributed by atoms with Crippen LogP contribution in [0.2, 0.25) is 0 Å². The molecule has 0 amide bonds. The lowest BCUT2D eigenvalue weighted by Gasteiger charge is -2.16. The number of benzene rings is 1. The summed E-state index contributed by atoms with van der Waals surface area (Å²) in [6, 6.07) is 6.20. The molecule has 1 aromatic heterocycles. The van der Waals surface area contributed by atoms with E-state index in [1.165, 1.54) is 5.56 Å². The Bertz CT molecular complexity index is 626. The lowest BCUT2D eigenvalue weighted by molar-refractivity contribution is -0.148. The largest absolute Gasteiger partial charge is 0.466 e. The van der Waals surface area contributed by atoms with Gasteiger partial charge in [0.25, 0.3) is 0 Å². The van der Waals surface area contributed by atoms with E-state index in [1.807, 2.05) is 19.9 Å². The fourth-order valence-electron chi connectivity index (χ4n) is 2.42. The van der Waals surface area contributed by atoms with Crippen LogP contribution in [0, 0.1) is 12.8 Å². The van der Waals surface area contributed by atoms with Crippen LogP contribution < -0.4 is 0 Å². The lowest BCUT2D eigenvalue weighted by atomic mass is 9.92. The van der Waals surface area contributed by atoms with Crippen molar-refractivity contribution in [3.05, 3.63) is 47.9 Å². The zero-order chi connectivity index (χ0) is 15.9. The van der Waals surface area contributed by atoms with Crippen molar-refractivity contribution in [3.8, 4) is 11.3 Å². The van der Waals surface area contributed by atoms with E-state index in [0.717, 1.165) is 23.2 Å². The van der Waals surface area contributed by atoms with Crippen molar-refractivity contribution in [1.29, 1.82) is 0 Å². The number of carbonyl (C=O) groups is 1. The maximum Gasteiger partial charge on any atom is 0.309 e. The molecule has 116 valence electrons. The number of hydrogen-bond acceptors (Lipinski definition) is 4. The predicted octanol–water partition coefficient (Wildman–Crippen LogP) is 3.58. The van der Waals surface area contributed by atoms with Gasteiger partial charge in [0, 0.05) is 18.0 Å². The molecule has 0 bridgehead atoms. The average molecular weight is 298 g/mol. The molecule has 0 saturated heterocycles. The SMILES string of the molecule is CCOC(=O)C(CC)Cc1cc(-c2cnccn2)ccc1C. The second-order valence-corrected chi connectivity index (χ2v) is 5.29. The van der Waals surface area contributed by atoms with Gasteiger partial charge in [0.1, 0.15) is 0 Å². The van der Waals surface area contributed by atoms with Gasteiger partial charge in [-0.05, 0) is 43.9 Å². The Morgan fingerprint density at radius 3 is 2.73 bits per heavy atom. The molecule has 0 saturated carbocycles. The van der Waals surface area contributed by atoms with Gasteiger partial charge in [-0.1, -0.05) is 19.1 Å². The molecule has 2 rings (SSSR count). The maximum atomic E-state index is 12.0. The number of aromatic nitrogens is 2. The predicted molar refractivity (Wildman–Crippen MR) is 86.3 cm³/mol. The molecule has 4 nitrogen and oxygen atoms in total. The van der Waals surface area contributed by atoms with Crippen LogP contribution in [-0.2, 0) is 16.0 Å². The van der Waals surface area contributed by atoms with Gasteiger partial charge < -0.3 is 4.74 Å². The fraction of sp³-hybridized carbons (Fsp3) is 0.389. The Hall–Kier alpha value is -2.23. The Balaban J connectivity index is 2.25. The van der Waals surface area contributed by atoms with Crippen molar-refractivity contribution >= 4 is 5.97 Å². The van der Waals surface area contributed by atoms with E-state index in [-0.39, 0.29) is 11.9 Å². The molecule has 1 heterocycles. The van der Waals surface area contributed by atoms with Crippen molar-refractivity contribution in [2.24, 2.45) is 5.92 Å². The molecule has 0 N–H and O–H groups in total. The van der Waals surface area contributed by atoms with Gasteiger partial charge in [0.05, 0.1) is 24.4 Å². The number of esters is 1. The Morgan fingerprint density at radius 1 is 1.27 bits per heavy atom. The molecule has 4 heteroatoms. The highest BCUT2D eigenvalue weighted by molar-refractivity contribution is 5.73. The third-order valence-electron chi connectivity index (χ3n) is 3.79. The molecule has 1 atom stereocenters. The summed E-state index contributed by atoms with van der Waals surface area (Å²) in [6.45, 7) is 6.34. The van der Waals surface area contributed by atoms with Crippen LogP contribution >= 0.6 is 0 Å². The Kier molecular flexibility index (Phi) is 5.64. The highest BCUT2D eigenvalue weighted by Gasteiger charge is 2.19. The fourth-order valence-corrected chi connectivity index (χ4v) is 2.42. The number of hydrogen-bond donors (Lipinski definition) is 0. The van der Waals surface area contributed by atoms with Crippen LogP contribution in [-0.4, -0.2) is 22.5 Å². The minimum absolute atomic E-state index is 0.101. The minimum atomic E-state index is -0.116. The number of carbonyl (C=O) groups excluding carboxylic acids is 1. The second-order valence-electron chi connectivity index (χ2n) is 5.29. The van der Waals surface area contributed by atoms with Crippen molar-refractivity contribution < 1.29 is 9.53 Å². The number of ether oxygens (including phenoxy) is 1.